The van der Waals surface area contributed by atoms with Crippen LogP contribution in [0.25, 0.3) is 10.2 Å². The Kier molecular flexibility index (Phi) is 6.13. The van der Waals surface area contributed by atoms with E-state index in [9.17, 15) is 10.1 Å². The Balaban J connectivity index is 1.90. The van der Waals surface area contributed by atoms with Crippen molar-refractivity contribution in [1.29, 1.82) is 5.26 Å². The van der Waals surface area contributed by atoms with Crippen LogP contribution in [0, 0.1) is 11.5 Å². The van der Waals surface area contributed by atoms with Crippen molar-refractivity contribution in [1.82, 2.24) is 9.88 Å². The van der Waals surface area contributed by atoms with E-state index >= 15 is 0 Å². The van der Waals surface area contributed by atoms with Crippen LogP contribution >= 0.6 is 24.0 Å². The van der Waals surface area contributed by atoms with Gasteiger partial charge in [0.25, 0.3) is 0 Å². The zero-order valence-corrected chi connectivity index (χ0v) is 17.0. The Morgan fingerprint density at radius 3 is 2.54 bits per heavy atom. The summed E-state index contributed by atoms with van der Waals surface area (Å²) in [7, 11) is 0. The number of carbonyl (C=O) groups excluding carboxylic acids is 1. The van der Waals surface area contributed by atoms with Gasteiger partial charge < -0.3 is 10.6 Å². The molecule has 2 N–H and O–H groups in total. The highest BCUT2D eigenvalue weighted by atomic mass is 32.2. The van der Waals surface area contributed by atoms with Crippen LogP contribution in [0.1, 0.15) is 13.8 Å². The van der Waals surface area contributed by atoms with Crippen molar-refractivity contribution in [2.45, 2.75) is 18.2 Å². The molecular formula is C19H18N6OS2. The van der Waals surface area contributed by atoms with Gasteiger partial charge in [0.2, 0.25) is 11.9 Å². The number of rotatable bonds is 4. The van der Waals surface area contributed by atoms with Gasteiger partial charge in [0, 0.05) is 24.8 Å². The minimum Gasteiger partial charge on any atom is -0.326 e. The van der Waals surface area contributed by atoms with Crippen LogP contribution in [0.3, 0.4) is 0 Å². The molecule has 0 atom stereocenters. The summed E-state index contributed by atoms with van der Waals surface area (Å²) in [6, 6.07) is 12.8. The number of aliphatic imine (C=N–C) groups is 1. The van der Waals surface area contributed by atoms with Gasteiger partial charge in [-0.05, 0) is 49.4 Å². The number of thiol groups is 1. The van der Waals surface area contributed by atoms with E-state index in [2.05, 4.69) is 39.4 Å². The monoisotopic (exact) mass is 410 g/mol. The highest BCUT2D eigenvalue weighted by molar-refractivity contribution is 7.82. The van der Waals surface area contributed by atoms with Crippen LogP contribution in [0.5, 0.6) is 0 Å². The maximum absolute atomic E-state index is 11.1. The number of nitrogens with zero attached hydrogens (tertiary/aromatic N) is 4. The molecule has 0 aliphatic heterocycles. The highest BCUT2D eigenvalue weighted by Gasteiger charge is 2.11. The van der Waals surface area contributed by atoms with Gasteiger partial charge in [0.1, 0.15) is 4.34 Å². The molecule has 0 unspecified atom stereocenters. The molecule has 1 heterocycles. The third kappa shape index (κ3) is 4.79. The van der Waals surface area contributed by atoms with Crippen molar-refractivity contribution in [3.8, 4) is 6.19 Å². The van der Waals surface area contributed by atoms with E-state index in [1.807, 2.05) is 37.3 Å². The summed E-state index contributed by atoms with van der Waals surface area (Å²) in [5, 5.41) is 15.4. The second kappa shape index (κ2) is 8.73. The molecule has 3 aromatic rings. The smallest absolute Gasteiger partial charge is 0.221 e. The lowest BCUT2D eigenvalue weighted by Crippen LogP contribution is -2.32. The molecule has 7 nitrogen and oxygen atoms in total. The maximum Gasteiger partial charge on any atom is 0.221 e. The zero-order chi connectivity index (χ0) is 20.1. The summed E-state index contributed by atoms with van der Waals surface area (Å²) in [6.07, 6.45) is 2.13. The van der Waals surface area contributed by atoms with Crippen molar-refractivity contribution < 1.29 is 4.79 Å². The Bertz CT molecular complexity index is 1070. The Hall–Kier alpha value is -3.09. The molecule has 0 radical (unpaired) electrons. The lowest BCUT2D eigenvalue weighted by Gasteiger charge is -2.18. The van der Waals surface area contributed by atoms with Crippen molar-refractivity contribution >= 4 is 63.1 Å². The van der Waals surface area contributed by atoms with E-state index in [-0.39, 0.29) is 5.91 Å². The molecule has 28 heavy (non-hydrogen) atoms. The molecular weight excluding hydrogens is 392 g/mol. The van der Waals surface area contributed by atoms with Gasteiger partial charge in [0.05, 0.1) is 15.9 Å². The van der Waals surface area contributed by atoms with Crippen molar-refractivity contribution in [2.75, 3.05) is 17.2 Å². The first kappa shape index (κ1) is 19.7. The minimum atomic E-state index is -0.132. The SMILES string of the molecule is CCN(C#N)C(=Nc1ccc2nc(S)sc2c1)Nc1ccc(NC(C)=O)cc1. The Morgan fingerprint density at radius 1 is 1.25 bits per heavy atom. The van der Waals surface area contributed by atoms with Crippen molar-refractivity contribution in [3.05, 3.63) is 42.5 Å². The largest absolute Gasteiger partial charge is 0.326 e. The topological polar surface area (TPSA) is 93.4 Å². The highest BCUT2D eigenvalue weighted by Crippen LogP contribution is 2.28. The fourth-order valence-electron chi connectivity index (χ4n) is 2.49. The lowest BCUT2D eigenvalue weighted by atomic mass is 10.2. The molecule has 0 aliphatic carbocycles. The zero-order valence-electron chi connectivity index (χ0n) is 15.3. The first-order valence-electron chi connectivity index (χ1n) is 8.48. The average molecular weight is 411 g/mol. The van der Waals surface area contributed by atoms with Crippen LogP contribution in [0.4, 0.5) is 17.1 Å². The normalized spacial score (nSPS) is 11.1. The summed E-state index contributed by atoms with van der Waals surface area (Å²) in [5.41, 5.74) is 3.01. The summed E-state index contributed by atoms with van der Waals surface area (Å²) >= 11 is 5.76. The van der Waals surface area contributed by atoms with Crippen LogP contribution in [0.15, 0.2) is 51.8 Å². The van der Waals surface area contributed by atoms with Gasteiger partial charge in [-0.25, -0.2) is 14.9 Å². The van der Waals surface area contributed by atoms with Gasteiger partial charge in [0.15, 0.2) is 6.19 Å². The quantitative estimate of drug-likeness (QED) is 0.194. The number of hydrogen-bond donors (Lipinski definition) is 3. The van der Waals surface area contributed by atoms with Crippen LogP contribution in [0.2, 0.25) is 0 Å². The number of benzene rings is 2. The molecule has 0 bridgehead atoms. The second-order valence-corrected chi connectivity index (χ2v) is 7.57. The molecule has 1 aromatic heterocycles. The maximum atomic E-state index is 11.1. The van der Waals surface area contributed by atoms with Crippen LogP contribution in [-0.4, -0.2) is 28.3 Å². The van der Waals surface area contributed by atoms with E-state index < -0.39 is 0 Å². The predicted molar refractivity (Wildman–Crippen MR) is 116 cm³/mol. The number of carbonyl (C=O) groups is 1. The number of amides is 1. The molecule has 2 aromatic carbocycles. The number of nitrogens with one attached hydrogen (secondary N) is 2. The molecule has 0 spiro atoms. The first-order chi connectivity index (χ1) is 13.5. The van der Waals surface area contributed by atoms with E-state index in [0.29, 0.717) is 28.2 Å². The summed E-state index contributed by atoms with van der Waals surface area (Å²) in [4.78, 5) is 21.5. The molecule has 0 saturated heterocycles. The molecule has 142 valence electrons. The standard InChI is InChI=1S/C19H18N6OS2/c1-3-25(11-20)18(22-14-6-4-13(5-7-14)21-12(2)26)23-15-8-9-16-17(10-15)28-19(27)24-16/h4-10H,3H2,1-2H3,(H,21,26)(H,22,23)(H,24,27). The molecule has 0 saturated carbocycles. The number of anilines is 2. The number of fused-ring (bicyclic) bond motifs is 1. The number of nitriles is 1. The second-order valence-electron chi connectivity index (χ2n) is 5.81. The van der Waals surface area contributed by atoms with E-state index in [1.165, 1.54) is 23.2 Å². The lowest BCUT2D eigenvalue weighted by molar-refractivity contribution is -0.114. The van der Waals surface area contributed by atoms with Gasteiger partial charge in [-0.1, -0.05) is 0 Å². The van der Waals surface area contributed by atoms with Crippen LogP contribution < -0.4 is 10.6 Å². The van der Waals surface area contributed by atoms with Crippen LogP contribution in [-0.2, 0) is 4.79 Å². The predicted octanol–water partition coefficient (Wildman–Crippen LogP) is 4.45. The number of thiazole rings is 1. The van der Waals surface area contributed by atoms with Gasteiger partial charge in [-0.3, -0.25) is 4.79 Å². The molecule has 0 aliphatic rings. The van der Waals surface area contributed by atoms with Gasteiger partial charge in [-0.15, -0.1) is 24.0 Å². The van der Waals surface area contributed by atoms with Gasteiger partial charge in [-0.2, -0.15) is 5.26 Å². The third-order valence-electron chi connectivity index (χ3n) is 3.75. The fraction of sp³-hybridized carbons (Fsp3) is 0.158. The summed E-state index contributed by atoms with van der Waals surface area (Å²) in [6.45, 7) is 3.80. The Labute approximate surface area is 172 Å². The first-order valence-corrected chi connectivity index (χ1v) is 9.75. The third-order valence-corrected chi connectivity index (χ3v) is 4.94. The van der Waals surface area contributed by atoms with E-state index in [1.54, 1.807) is 12.1 Å². The molecule has 1 amide bonds. The van der Waals surface area contributed by atoms with E-state index in [4.69, 9.17) is 0 Å². The number of aromatic nitrogens is 1. The fourth-order valence-corrected chi connectivity index (χ4v) is 3.63. The number of guanidine groups is 1. The van der Waals surface area contributed by atoms with Crippen molar-refractivity contribution in [2.24, 2.45) is 4.99 Å². The summed E-state index contributed by atoms with van der Waals surface area (Å²) in [5.74, 6) is 0.277. The molecule has 9 heteroatoms. The van der Waals surface area contributed by atoms with Crippen molar-refractivity contribution in [3.63, 3.8) is 0 Å². The molecule has 0 fully saturated rings. The Morgan fingerprint density at radius 2 is 1.93 bits per heavy atom. The minimum absolute atomic E-state index is 0.132. The average Bonchev–Trinajstić information content (AvgIpc) is 3.03. The van der Waals surface area contributed by atoms with Gasteiger partial charge >= 0.3 is 0 Å². The molecule has 3 rings (SSSR count). The summed E-state index contributed by atoms with van der Waals surface area (Å²) < 4.78 is 1.67. The number of hydrogen-bond acceptors (Lipinski definition) is 6. The van der Waals surface area contributed by atoms with E-state index in [0.717, 1.165) is 15.9 Å².